The Hall–Kier alpha value is -1.09. The van der Waals surface area contributed by atoms with Crippen LogP contribution in [0.3, 0.4) is 0 Å². The third-order valence-electron chi connectivity index (χ3n) is 5.31. The molecule has 3 rings (SSSR count). The number of hydrogen-bond acceptors (Lipinski definition) is 2. The SMILES string of the molecule is CCC(C)NCc1cc2c(n(C3CCCC3)c1=O)CCC2. The van der Waals surface area contributed by atoms with Gasteiger partial charge in [-0.05, 0) is 57.1 Å². The summed E-state index contributed by atoms with van der Waals surface area (Å²) in [6.07, 6.45) is 9.50. The Morgan fingerprint density at radius 3 is 2.76 bits per heavy atom. The van der Waals surface area contributed by atoms with Gasteiger partial charge in [0.15, 0.2) is 0 Å². The Kier molecular flexibility index (Phi) is 4.48. The molecule has 0 bridgehead atoms. The zero-order valence-corrected chi connectivity index (χ0v) is 13.5. The number of hydrogen-bond donors (Lipinski definition) is 1. The van der Waals surface area contributed by atoms with Crippen LogP contribution in [-0.4, -0.2) is 10.6 Å². The van der Waals surface area contributed by atoms with Gasteiger partial charge in [-0.25, -0.2) is 0 Å². The monoisotopic (exact) mass is 288 g/mol. The third kappa shape index (κ3) is 2.94. The van der Waals surface area contributed by atoms with E-state index in [2.05, 4.69) is 29.8 Å². The van der Waals surface area contributed by atoms with Crippen LogP contribution in [0.25, 0.3) is 0 Å². The number of pyridine rings is 1. The van der Waals surface area contributed by atoms with Crippen molar-refractivity contribution in [3.05, 3.63) is 33.2 Å². The maximum Gasteiger partial charge on any atom is 0.255 e. The Balaban J connectivity index is 1.94. The Bertz CT molecular complexity index is 555. The van der Waals surface area contributed by atoms with Gasteiger partial charge in [-0.1, -0.05) is 19.8 Å². The molecule has 1 aromatic heterocycles. The molecule has 1 N–H and O–H groups in total. The summed E-state index contributed by atoms with van der Waals surface area (Å²) in [5.41, 5.74) is 4.03. The highest BCUT2D eigenvalue weighted by molar-refractivity contribution is 5.31. The smallest absolute Gasteiger partial charge is 0.255 e. The summed E-state index contributed by atoms with van der Waals surface area (Å²) in [6.45, 7) is 5.08. The van der Waals surface area contributed by atoms with E-state index in [9.17, 15) is 4.79 Å². The Morgan fingerprint density at radius 2 is 2.05 bits per heavy atom. The van der Waals surface area contributed by atoms with Crippen molar-refractivity contribution in [3.8, 4) is 0 Å². The average molecular weight is 288 g/mol. The first-order valence-electron chi connectivity index (χ1n) is 8.70. The molecule has 0 radical (unpaired) electrons. The topological polar surface area (TPSA) is 34.0 Å². The molecule has 0 amide bonds. The van der Waals surface area contributed by atoms with E-state index in [4.69, 9.17) is 0 Å². The minimum atomic E-state index is 0.276. The van der Waals surface area contributed by atoms with Gasteiger partial charge in [0.2, 0.25) is 0 Å². The summed E-state index contributed by atoms with van der Waals surface area (Å²) in [5.74, 6) is 0. The van der Waals surface area contributed by atoms with E-state index in [0.717, 1.165) is 24.8 Å². The van der Waals surface area contributed by atoms with Gasteiger partial charge in [-0.2, -0.15) is 0 Å². The minimum Gasteiger partial charge on any atom is -0.310 e. The van der Waals surface area contributed by atoms with Crippen LogP contribution >= 0.6 is 0 Å². The van der Waals surface area contributed by atoms with Crippen LogP contribution in [0.4, 0.5) is 0 Å². The van der Waals surface area contributed by atoms with Crippen LogP contribution in [0.15, 0.2) is 10.9 Å². The maximum absolute atomic E-state index is 12.9. The molecule has 3 heteroatoms. The molecule has 2 aliphatic carbocycles. The van der Waals surface area contributed by atoms with Gasteiger partial charge < -0.3 is 9.88 Å². The molecule has 1 saturated carbocycles. The van der Waals surface area contributed by atoms with Crippen LogP contribution in [0.5, 0.6) is 0 Å². The number of fused-ring (bicyclic) bond motifs is 1. The van der Waals surface area contributed by atoms with Crippen molar-refractivity contribution < 1.29 is 0 Å². The summed E-state index contributed by atoms with van der Waals surface area (Å²) in [5, 5.41) is 3.49. The summed E-state index contributed by atoms with van der Waals surface area (Å²) in [6, 6.07) is 3.12. The van der Waals surface area contributed by atoms with Crippen LogP contribution < -0.4 is 10.9 Å². The number of nitrogens with zero attached hydrogens (tertiary/aromatic N) is 1. The van der Waals surface area contributed by atoms with Gasteiger partial charge in [0, 0.05) is 29.9 Å². The molecule has 1 unspecified atom stereocenters. The molecule has 116 valence electrons. The van der Waals surface area contributed by atoms with E-state index in [1.54, 1.807) is 0 Å². The van der Waals surface area contributed by atoms with Gasteiger partial charge in [0.25, 0.3) is 5.56 Å². The third-order valence-corrected chi connectivity index (χ3v) is 5.31. The van der Waals surface area contributed by atoms with Crippen molar-refractivity contribution >= 4 is 0 Å². The predicted molar refractivity (Wildman–Crippen MR) is 86.8 cm³/mol. The molecule has 1 heterocycles. The van der Waals surface area contributed by atoms with Crippen molar-refractivity contribution in [2.45, 2.75) is 83.8 Å². The lowest BCUT2D eigenvalue weighted by Crippen LogP contribution is -2.33. The van der Waals surface area contributed by atoms with Crippen molar-refractivity contribution in [1.82, 2.24) is 9.88 Å². The lowest BCUT2D eigenvalue weighted by Gasteiger charge is -2.21. The molecule has 1 fully saturated rings. The summed E-state index contributed by atoms with van der Waals surface area (Å²) >= 11 is 0. The highest BCUT2D eigenvalue weighted by atomic mass is 16.1. The zero-order chi connectivity index (χ0) is 14.8. The first kappa shape index (κ1) is 14.8. The van der Waals surface area contributed by atoms with Crippen molar-refractivity contribution in [3.63, 3.8) is 0 Å². The van der Waals surface area contributed by atoms with E-state index in [1.165, 1.54) is 43.4 Å². The van der Waals surface area contributed by atoms with Crippen LogP contribution in [0.1, 0.15) is 75.2 Å². The second kappa shape index (κ2) is 6.35. The number of nitrogens with one attached hydrogen (secondary N) is 1. The average Bonchev–Trinajstić information content (AvgIpc) is 3.15. The summed E-state index contributed by atoms with van der Waals surface area (Å²) in [4.78, 5) is 12.9. The van der Waals surface area contributed by atoms with Gasteiger partial charge in [-0.3, -0.25) is 4.79 Å². The molecule has 0 saturated heterocycles. The van der Waals surface area contributed by atoms with Crippen molar-refractivity contribution in [1.29, 1.82) is 0 Å². The molecular formula is C18H28N2O. The van der Waals surface area contributed by atoms with Crippen LogP contribution in [0, 0.1) is 0 Å². The number of aryl methyl sites for hydroxylation is 1. The molecule has 3 nitrogen and oxygen atoms in total. The molecule has 2 aliphatic rings. The molecule has 1 aromatic rings. The molecule has 0 aromatic carbocycles. The van der Waals surface area contributed by atoms with Gasteiger partial charge in [0.1, 0.15) is 0 Å². The zero-order valence-electron chi connectivity index (χ0n) is 13.5. The van der Waals surface area contributed by atoms with Crippen LogP contribution in [0.2, 0.25) is 0 Å². The van der Waals surface area contributed by atoms with Gasteiger partial charge in [0.05, 0.1) is 0 Å². The lowest BCUT2D eigenvalue weighted by atomic mass is 10.1. The summed E-state index contributed by atoms with van der Waals surface area (Å²) in [7, 11) is 0. The van der Waals surface area contributed by atoms with Gasteiger partial charge >= 0.3 is 0 Å². The fourth-order valence-corrected chi connectivity index (χ4v) is 3.83. The van der Waals surface area contributed by atoms with E-state index in [1.807, 2.05) is 0 Å². The first-order valence-corrected chi connectivity index (χ1v) is 8.70. The van der Waals surface area contributed by atoms with E-state index < -0.39 is 0 Å². The Morgan fingerprint density at radius 1 is 1.29 bits per heavy atom. The fraction of sp³-hybridized carbons (Fsp3) is 0.722. The molecule has 0 spiro atoms. The van der Waals surface area contributed by atoms with Crippen molar-refractivity contribution in [2.75, 3.05) is 0 Å². The Labute approximate surface area is 127 Å². The highest BCUT2D eigenvalue weighted by Gasteiger charge is 2.25. The van der Waals surface area contributed by atoms with Gasteiger partial charge in [-0.15, -0.1) is 0 Å². The second-order valence-electron chi connectivity index (χ2n) is 6.80. The molecule has 21 heavy (non-hydrogen) atoms. The van der Waals surface area contributed by atoms with E-state index in [-0.39, 0.29) is 5.56 Å². The minimum absolute atomic E-state index is 0.276. The molecule has 1 atom stereocenters. The van der Waals surface area contributed by atoms with Crippen molar-refractivity contribution in [2.24, 2.45) is 0 Å². The standard InChI is InChI=1S/C18H28N2O/c1-3-13(2)19-12-15-11-14-7-6-10-17(14)20(18(15)21)16-8-4-5-9-16/h11,13,16,19H,3-10,12H2,1-2H3. The first-order chi connectivity index (χ1) is 10.2. The fourth-order valence-electron chi connectivity index (χ4n) is 3.83. The van der Waals surface area contributed by atoms with Crippen LogP contribution in [-0.2, 0) is 19.4 Å². The maximum atomic E-state index is 12.9. The lowest BCUT2D eigenvalue weighted by molar-refractivity contribution is 0.475. The number of aromatic nitrogens is 1. The second-order valence-corrected chi connectivity index (χ2v) is 6.80. The molecular weight excluding hydrogens is 260 g/mol. The highest BCUT2D eigenvalue weighted by Crippen LogP contribution is 2.32. The normalized spacial score (nSPS) is 19.9. The van der Waals surface area contributed by atoms with E-state index >= 15 is 0 Å². The quantitative estimate of drug-likeness (QED) is 0.901. The van der Waals surface area contributed by atoms with E-state index in [0.29, 0.717) is 18.6 Å². The largest absolute Gasteiger partial charge is 0.310 e. The number of rotatable bonds is 5. The predicted octanol–water partition coefficient (Wildman–Crippen LogP) is 3.34. The molecule has 0 aliphatic heterocycles. The summed E-state index contributed by atoms with van der Waals surface area (Å²) < 4.78 is 2.18.